The van der Waals surface area contributed by atoms with Crippen molar-refractivity contribution >= 4 is 16.6 Å². The highest BCUT2D eigenvalue weighted by Crippen LogP contribution is 2.22. The standard InChI is InChI=1S/C11H16N4/c1-11(2,3)7-15-10-6-13-5-9(12)8(10)4-14-15/h4-6H,7,12H2,1-3H3. The lowest BCUT2D eigenvalue weighted by atomic mass is 9.97. The summed E-state index contributed by atoms with van der Waals surface area (Å²) in [6.07, 6.45) is 5.27. The van der Waals surface area contributed by atoms with E-state index in [0.29, 0.717) is 5.69 Å². The third kappa shape index (κ3) is 1.93. The molecule has 0 aliphatic heterocycles. The van der Waals surface area contributed by atoms with Gasteiger partial charge in [-0.1, -0.05) is 20.8 Å². The molecule has 0 bridgehead atoms. The number of nitrogen functional groups attached to an aromatic ring is 1. The van der Waals surface area contributed by atoms with E-state index >= 15 is 0 Å². The lowest BCUT2D eigenvalue weighted by Crippen LogP contribution is -2.16. The first-order chi connectivity index (χ1) is 6.97. The predicted octanol–water partition coefficient (Wildman–Crippen LogP) is 2.06. The number of hydrogen-bond donors (Lipinski definition) is 1. The summed E-state index contributed by atoms with van der Waals surface area (Å²) in [5.41, 5.74) is 7.71. The van der Waals surface area contributed by atoms with Gasteiger partial charge >= 0.3 is 0 Å². The summed E-state index contributed by atoms with van der Waals surface area (Å²) in [7, 11) is 0. The van der Waals surface area contributed by atoms with Gasteiger partial charge in [-0.15, -0.1) is 0 Å². The minimum atomic E-state index is 0.198. The molecule has 0 saturated heterocycles. The third-order valence-corrected chi connectivity index (χ3v) is 2.23. The van der Waals surface area contributed by atoms with Crippen LogP contribution in [0.1, 0.15) is 20.8 Å². The SMILES string of the molecule is CC(C)(C)Cn1ncc2c(N)cncc21. The van der Waals surface area contributed by atoms with E-state index in [2.05, 4.69) is 30.9 Å². The fraction of sp³-hybridized carbons (Fsp3) is 0.455. The summed E-state index contributed by atoms with van der Waals surface area (Å²) in [5, 5.41) is 5.32. The molecule has 0 saturated carbocycles. The predicted molar refractivity (Wildman–Crippen MR) is 61.4 cm³/mol. The number of nitrogens with zero attached hydrogens (tertiary/aromatic N) is 3. The van der Waals surface area contributed by atoms with Gasteiger partial charge in [-0.25, -0.2) is 0 Å². The van der Waals surface area contributed by atoms with E-state index in [1.165, 1.54) is 0 Å². The molecule has 15 heavy (non-hydrogen) atoms. The molecule has 0 unspecified atom stereocenters. The van der Waals surface area contributed by atoms with Crippen LogP contribution in [0.25, 0.3) is 10.9 Å². The highest BCUT2D eigenvalue weighted by Gasteiger charge is 2.14. The van der Waals surface area contributed by atoms with Gasteiger partial charge in [-0.2, -0.15) is 5.10 Å². The average Bonchev–Trinajstić information content (AvgIpc) is 2.48. The quantitative estimate of drug-likeness (QED) is 0.773. The van der Waals surface area contributed by atoms with Gasteiger partial charge in [0.15, 0.2) is 0 Å². The fourth-order valence-electron chi connectivity index (χ4n) is 1.59. The van der Waals surface area contributed by atoms with Crippen molar-refractivity contribution in [3.63, 3.8) is 0 Å². The number of aromatic nitrogens is 3. The summed E-state index contributed by atoms with van der Waals surface area (Å²) in [6, 6.07) is 0. The Morgan fingerprint density at radius 1 is 1.27 bits per heavy atom. The zero-order chi connectivity index (χ0) is 11.1. The smallest absolute Gasteiger partial charge is 0.0886 e. The second kappa shape index (κ2) is 3.22. The Bertz CT molecular complexity index is 479. The first kappa shape index (κ1) is 9.96. The second-order valence-electron chi connectivity index (χ2n) is 5.02. The van der Waals surface area contributed by atoms with E-state index in [0.717, 1.165) is 17.4 Å². The number of fused-ring (bicyclic) bond motifs is 1. The van der Waals surface area contributed by atoms with Crippen molar-refractivity contribution in [2.45, 2.75) is 27.3 Å². The molecule has 0 aromatic carbocycles. The van der Waals surface area contributed by atoms with Gasteiger partial charge in [0.05, 0.1) is 29.8 Å². The summed E-state index contributed by atoms with van der Waals surface area (Å²) in [4.78, 5) is 4.09. The average molecular weight is 204 g/mol. The molecular formula is C11H16N4. The van der Waals surface area contributed by atoms with Crippen molar-refractivity contribution in [3.8, 4) is 0 Å². The van der Waals surface area contributed by atoms with E-state index in [9.17, 15) is 0 Å². The zero-order valence-corrected chi connectivity index (χ0v) is 9.36. The van der Waals surface area contributed by atoms with Crippen LogP contribution in [0.2, 0.25) is 0 Å². The Labute approximate surface area is 89.1 Å². The summed E-state index contributed by atoms with van der Waals surface area (Å²) in [6.45, 7) is 7.41. The molecule has 2 N–H and O–H groups in total. The topological polar surface area (TPSA) is 56.7 Å². The molecule has 0 amide bonds. The number of nitrogens with two attached hydrogens (primary N) is 1. The van der Waals surface area contributed by atoms with E-state index in [4.69, 9.17) is 5.73 Å². The summed E-state index contributed by atoms with van der Waals surface area (Å²) < 4.78 is 1.96. The molecule has 4 heteroatoms. The van der Waals surface area contributed by atoms with Crippen molar-refractivity contribution < 1.29 is 0 Å². The normalized spacial score (nSPS) is 12.2. The number of anilines is 1. The molecule has 0 radical (unpaired) electrons. The lowest BCUT2D eigenvalue weighted by Gasteiger charge is -2.18. The molecule has 0 spiro atoms. The highest BCUT2D eigenvalue weighted by atomic mass is 15.3. The molecule has 2 aromatic heterocycles. The van der Waals surface area contributed by atoms with Gasteiger partial charge in [0.2, 0.25) is 0 Å². The summed E-state index contributed by atoms with van der Waals surface area (Å²) >= 11 is 0. The molecule has 2 heterocycles. The Morgan fingerprint density at radius 3 is 2.67 bits per heavy atom. The van der Waals surface area contributed by atoms with Crippen molar-refractivity contribution in [1.29, 1.82) is 0 Å². The number of hydrogen-bond acceptors (Lipinski definition) is 3. The molecular weight excluding hydrogens is 188 g/mol. The highest BCUT2D eigenvalue weighted by molar-refractivity contribution is 5.88. The Hall–Kier alpha value is -1.58. The lowest BCUT2D eigenvalue weighted by molar-refractivity contribution is 0.331. The Morgan fingerprint density at radius 2 is 2.00 bits per heavy atom. The van der Waals surface area contributed by atoms with E-state index in [1.807, 2.05) is 10.9 Å². The molecule has 2 aromatic rings. The first-order valence-corrected chi connectivity index (χ1v) is 5.02. The van der Waals surface area contributed by atoms with Crippen LogP contribution in [0, 0.1) is 5.41 Å². The van der Waals surface area contributed by atoms with E-state index in [-0.39, 0.29) is 5.41 Å². The molecule has 2 rings (SSSR count). The first-order valence-electron chi connectivity index (χ1n) is 5.02. The van der Waals surface area contributed by atoms with Crippen LogP contribution in [0.4, 0.5) is 5.69 Å². The number of pyridine rings is 1. The van der Waals surface area contributed by atoms with Crippen molar-refractivity contribution in [2.24, 2.45) is 5.41 Å². The largest absolute Gasteiger partial charge is 0.397 e. The van der Waals surface area contributed by atoms with Crippen molar-refractivity contribution in [3.05, 3.63) is 18.6 Å². The van der Waals surface area contributed by atoms with Gasteiger partial charge in [-0.05, 0) is 5.41 Å². The molecule has 0 aliphatic rings. The van der Waals surface area contributed by atoms with Gasteiger partial charge < -0.3 is 5.73 Å². The minimum Gasteiger partial charge on any atom is -0.397 e. The third-order valence-electron chi connectivity index (χ3n) is 2.23. The van der Waals surface area contributed by atoms with Crippen molar-refractivity contribution in [2.75, 3.05) is 5.73 Å². The van der Waals surface area contributed by atoms with Crippen LogP contribution in [0.5, 0.6) is 0 Å². The molecule has 4 nitrogen and oxygen atoms in total. The zero-order valence-electron chi connectivity index (χ0n) is 9.36. The Balaban J connectivity index is 2.50. The Kier molecular flexibility index (Phi) is 2.14. The van der Waals surface area contributed by atoms with Crippen LogP contribution in [0.15, 0.2) is 18.6 Å². The van der Waals surface area contributed by atoms with Crippen molar-refractivity contribution in [1.82, 2.24) is 14.8 Å². The van der Waals surface area contributed by atoms with Crippen LogP contribution in [-0.4, -0.2) is 14.8 Å². The number of rotatable bonds is 1. The van der Waals surface area contributed by atoms with Gasteiger partial charge in [-0.3, -0.25) is 9.67 Å². The van der Waals surface area contributed by atoms with E-state index < -0.39 is 0 Å². The molecule has 0 aliphatic carbocycles. The van der Waals surface area contributed by atoms with Crippen LogP contribution < -0.4 is 5.73 Å². The van der Waals surface area contributed by atoms with Crippen LogP contribution in [-0.2, 0) is 6.54 Å². The van der Waals surface area contributed by atoms with Gasteiger partial charge in [0, 0.05) is 11.9 Å². The van der Waals surface area contributed by atoms with E-state index in [1.54, 1.807) is 12.4 Å². The fourth-order valence-corrected chi connectivity index (χ4v) is 1.59. The van der Waals surface area contributed by atoms with Crippen LogP contribution >= 0.6 is 0 Å². The van der Waals surface area contributed by atoms with Gasteiger partial charge in [0.1, 0.15) is 0 Å². The molecule has 80 valence electrons. The molecule has 0 fully saturated rings. The maximum Gasteiger partial charge on any atom is 0.0886 e. The monoisotopic (exact) mass is 204 g/mol. The maximum atomic E-state index is 5.82. The van der Waals surface area contributed by atoms with Gasteiger partial charge in [0.25, 0.3) is 0 Å². The second-order valence-corrected chi connectivity index (χ2v) is 5.02. The molecule has 0 atom stereocenters. The maximum absolute atomic E-state index is 5.82. The summed E-state index contributed by atoms with van der Waals surface area (Å²) in [5.74, 6) is 0. The minimum absolute atomic E-state index is 0.198. The van der Waals surface area contributed by atoms with Crippen LogP contribution in [0.3, 0.4) is 0 Å².